The maximum absolute atomic E-state index is 11.9. The number of rotatable bonds is 5. The average molecular weight is 474 g/mol. The number of halogens is 1. The van der Waals surface area contributed by atoms with Gasteiger partial charge < -0.3 is 24.7 Å². The summed E-state index contributed by atoms with van der Waals surface area (Å²) in [6, 6.07) is 3.36. The number of ether oxygens (including phenoxy) is 1. The Hall–Kier alpha value is -1.29. The summed E-state index contributed by atoms with van der Waals surface area (Å²) in [4.78, 5) is 18.9. The highest BCUT2D eigenvalue weighted by molar-refractivity contribution is 14.0. The number of fused-ring (bicyclic) bond motifs is 5. The second kappa shape index (κ2) is 8.60. The molecule has 3 saturated heterocycles. The van der Waals surface area contributed by atoms with Crippen molar-refractivity contribution in [1.29, 1.82) is 0 Å². The second-order valence-corrected chi connectivity index (χ2v) is 6.99. The third-order valence-electron chi connectivity index (χ3n) is 5.49. The second-order valence-electron chi connectivity index (χ2n) is 6.99. The number of guanidine groups is 1. The maximum Gasteiger partial charge on any atom is 0.287 e. The molecule has 26 heavy (non-hydrogen) atoms. The molecule has 0 radical (unpaired) electrons. The molecule has 4 unspecified atom stereocenters. The van der Waals surface area contributed by atoms with Gasteiger partial charge in [-0.25, -0.2) is 0 Å². The summed E-state index contributed by atoms with van der Waals surface area (Å²) < 4.78 is 11.1. The molecule has 2 N–H and O–H groups in total. The summed E-state index contributed by atoms with van der Waals surface area (Å²) in [7, 11) is 0. The largest absolute Gasteiger partial charge is 0.459 e. The first kappa shape index (κ1) is 19.5. The number of carbonyl (C=O) groups is 1. The van der Waals surface area contributed by atoms with E-state index >= 15 is 0 Å². The molecular weight excluding hydrogens is 447 g/mol. The van der Waals surface area contributed by atoms with E-state index < -0.39 is 0 Å². The predicted molar refractivity (Wildman–Crippen MR) is 109 cm³/mol. The van der Waals surface area contributed by atoms with Crippen LogP contribution in [-0.2, 0) is 4.74 Å². The maximum atomic E-state index is 11.9. The fourth-order valence-corrected chi connectivity index (χ4v) is 4.38. The van der Waals surface area contributed by atoms with Crippen molar-refractivity contribution in [1.82, 2.24) is 15.5 Å². The predicted octanol–water partition coefficient (Wildman–Crippen LogP) is 1.70. The highest BCUT2D eigenvalue weighted by atomic mass is 127. The first-order valence-corrected chi connectivity index (χ1v) is 9.26. The standard InChI is InChI=1S/C18H26N4O3.HI/c1-2-19-18(21-8-7-20-17(23)16-4-3-9-24-16)22-10-12-13(11-22)15-6-5-14(12)25-15;/h3-4,9,12-15H,2,5-8,10-11H2,1H3,(H,19,21)(H,20,23);1H. The van der Waals surface area contributed by atoms with Gasteiger partial charge in [0.1, 0.15) is 0 Å². The minimum Gasteiger partial charge on any atom is -0.459 e. The summed E-state index contributed by atoms with van der Waals surface area (Å²) in [6.07, 6.45) is 4.83. The van der Waals surface area contributed by atoms with Crippen LogP contribution >= 0.6 is 24.0 Å². The van der Waals surface area contributed by atoms with Gasteiger partial charge in [-0.05, 0) is 31.9 Å². The van der Waals surface area contributed by atoms with Crippen molar-refractivity contribution in [2.24, 2.45) is 16.8 Å². The Morgan fingerprint density at radius 1 is 1.27 bits per heavy atom. The normalized spacial score (nSPS) is 29.4. The summed E-state index contributed by atoms with van der Waals surface area (Å²) in [5.74, 6) is 2.39. The van der Waals surface area contributed by atoms with E-state index in [1.807, 2.05) is 0 Å². The van der Waals surface area contributed by atoms with Crippen LogP contribution in [0.3, 0.4) is 0 Å². The smallest absolute Gasteiger partial charge is 0.287 e. The molecule has 1 amide bonds. The van der Waals surface area contributed by atoms with Gasteiger partial charge in [-0.3, -0.25) is 9.79 Å². The average Bonchev–Trinajstić information content (AvgIpc) is 3.38. The number of amides is 1. The lowest BCUT2D eigenvalue weighted by Crippen LogP contribution is -2.41. The Labute approximate surface area is 170 Å². The van der Waals surface area contributed by atoms with Crippen molar-refractivity contribution < 1.29 is 13.9 Å². The number of furan rings is 1. The lowest BCUT2D eigenvalue weighted by atomic mass is 9.82. The molecule has 0 spiro atoms. The molecule has 3 aliphatic rings. The molecule has 0 aliphatic carbocycles. The van der Waals surface area contributed by atoms with Gasteiger partial charge in [0.25, 0.3) is 5.91 Å². The van der Waals surface area contributed by atoms with Crippen LogP contribution in [0.2, 0.25) is 0 Å². The zero-order chi connectivity index (χ0) is 17.2. The molecule has 4 heterocycles. The van der Waals surface area contributed by atoms with E-state index in [0.717, 1.165) is 25.6 Å². The molecule has 144 valence electrons. The van der Waals surface area contributed by atoms with Crippen molar-refractivity contribution in [3.05, 3.63) is 24.2 Å². The fraction of sp³-hybridized carbons (Fsp3) is 0.667. The lowest BCUT2D eigenvalue weighted by molar-refractivity contribution is 0.0767. The quantitative estimate of drug-likeness (QED) is 0.294. The summed E-state index contributed by atoms with van der Waals surface area (Å²) in [5.41, 5.74) is 0. The Morgan fingerprint density at radius 3 is 2.62 bits per heavy atom. The van der Waals surface area contributed by atoms with Crippen LogP contribution < -0.4 is 10.6 Å². The van der Waals surface area contributed by atoms with E-state index in [0.29, 0.717) is 42.9 Å². The van der Waals surface area contributed by atoms with E-state index in [-0.39, 0.29) is 29.9 Å². The minimum absolute atomic E-state index is 0. The molecule has 0 aromatic carbocycles. The molecular formula is C18H27IN4O3. The van der Waals surface area contributed by atoms with Gasteiger partial charge in [0.2, 0.25) is 0 Å². The monoisotopic (exact) mass is 474 g/mol. The van der Waals surface area contributed by atoms with Crippen LogP contribution in [0.25, 0.3) is 0 Å². The van der Waals surface area contributed by atoms with E-state index in [4.69, 9.17) is 14.1 Å². The molecule has 3 fully saturated rings. The topological polar surface area (TPSA) is 79.1 Å². The molecule has 4 rings (SSSR count). The van der Waals surface area contributed by atoms with Gasteiger partial charge in [-0.2, -0.15) is 0 Å². The van der Waals surface area contributed by atoms with Gasteiger partial charge in [0.15, 0.2) is 11.7 Å². The van der Waals surface area contributed by atoms with Crippen LogP contribution in [0.1, 0.15) is 30.3 Å². The Bertz CT molecular complexity index is 618. The lowest BCUT2D eigenvalue weighted by Gasteiger charge is -2.23. The van der Waals surface area contributed by atoms with Crippen molar-refractivity contribution in [3.63, 3.8) is 0 Å². The fourth-order valence-electron chi connectivity index (χ4n) is 4.38. The molecule has 4 atom stereocenters. The van der Waals surface area contributed by atoms with Crippen LogP contribution in [0.4, 0.5) is 0 Å². The Morgan fingerprint density at radius 2 is 2.00 bits per heavy atom. The first-order valence-electron chi connectivity index (χ1n) is 9.26. The summed E-state index contributed by atoms with van der Waals surface area (Å²) in [5, 5.41) is 6.21. The highest BCUT2D eigenvalue weighted by Crippen LogP contribution is 2.47. The third kappa shape index (κ3) is 3.85. The number of hydrogen-bond donors (Lipinski definition) is 2. The molecule has 7 nitrogen and oxygen atoms in total. The van der Waals surface area contributed by atoms with Gasteiger partial charge in [0, 0.05) is 38.0 Å². The molecule has 0 saturated carbocycles. The number of aliphatic imine (C=N–C) groups is 1. The van der Waals surface area contributed by atoms with E-state index in [1.165, 1.54) is 19.1 Å². The summed E-state index contributed by atoms with van der Waals surface area (Å²) in [6.45, 7) is 6.00. The highest BCUT2D eigenvalue weighted by Gasteiger charge is 2.53. The van der Waals surface area contributed by atoms with E-state index in [9.17, 15) is 4.79 Å². The molecule has 3 aliphatic heterocycles. The first-order chi connectivity index (χ1) is 12.3. The van der Waals surface area contributed by atoms with Gasteiger partial charge in [0.05, 0.1) is 25.0 Å². The molecule has 8 heteroatoms. The Kier molecular flexibility index (Phi) is 6.44. The number of likely N-dealkylation sites (tertiary alicyclic amines) is 1. The molecule has 1 aromatic rings. The van der Waals surface area contributed by atoms with Crippen LogP contribution in [0.15, 0.2) is 27.8 Å². The van der Waals surface area contributed by atoms with Crippen molar-refractivity contribution in [3.8, 4) is 0 Å². The zero-order valence-corrected chi connectivity index (χ0v) is 17.3. The van der Waals surface area contributed by atoms with Crippen LogP contribution in [0, 0.1) is 11.8 Å². The third-order valence-corrected chi connectivity index (χ3v) is 5.49. The van der Waals surface area contributed by atoms with Gasteiger partial charge in [-0.15, -0.1) is 24.0 Å². The van der Waals surface area contributed by atoms with Crippen LogP contribution in [-0.4, -0.2) is 61.7 Å². The van der Waals surface area contributed by atoms with E-state index in [1.54, 1.807) is 12.1 Å². The number of nitrogens with zero attached hydrogens (tertiary/aromatic N) is 2. The SMILES string of the molecule is CCNC(=NCCNC(=O)c1ccco1)N1CC2C3CCC(O3)C2C1.I. The number of hydrogen-bond acceptors (Lipinski definition) is 4. The molecule has 2 bridgehead atoms. The Balaban J connectivity index is 0.00000196. The van der Waals surface area contributed by atoms with Crippen molar-refractivity contribution in [2.45, 2.75) is 32.0 Å². The number of nitrogens with one attached hydrogen (secondary N) is 2. The van der Waals surface area contributed by atoms with Crippen LogP contribution in [0.5, 0.6) is 0 Å². The minimum atomic E-state index is -0.199. The zero-order valence-electron chi connectivity index (χ0n) is 15.0. The number of carbonyl (C=O) groups excluding carboxylic acids is 1. The van der Waals surface area contributed by atoms with Gasteiger partial charge in [-0.1, -0.05) is 0 Å². The molecule has 1 aromatic heterocycles. The van der Waals surface area contributed by atoms with Gasteiger partial charge >= 0.3 is 0 Å². The van der Waals surface area contributed by atoms with E-state index in [2.05, 4.69) is 22.5 Å². The van der Waals surface area contributed by atoms with Crippen molar-refractivity contribution >= 4 is 35.8 Å². The summed E-state index contributed by atoms with van der Waals surface area (Å²) >= 11 is 0. The van der Waals surface area contributed by atoms with Crippen molar-refractivity contribution in [2.75, 3.05) is 32.7 Å².